The van der Waals surface area contributed by atoms with Gasteiger partial charge in [-0.1, -0.05) is 31.2 Å². The molecule has 2 unspecified atom stereocenters. The molecule has 0 radical (unpaired) electrons. The van der Waals surface area contributed by atoms with Gasteiger partial charge in [-0.3, -0.25) is 4.79 Å². The van der Waals surface area contributed by atoms with Gasteiger partial charge in [0.05, 0.1) is 6.04 Å². The van der Waals surface area contributed by atoms with Crippen molar-refractivity contribution in [3.05, 3.63) is 35.4 Å². The van der Waals surface area contributed by atoms with E-state index in [0.717, 1.165) is 45.3 Å². The number of carbonyl (C=O) groups excluding carboxylic acids is 1. The maximum absolute atomic E-state index is 12.8. The fourth-order valence-electron chi connectivity index (χ4n) is 3.99. The molecule has 0 spiro atoms. The SMILES string of the molecule is CCCN(C(=O)CCC1CCNC1)C1CCc2ccccc21.Cl. The second kappa shape index (κ2) is 8.70. The van der Waals surface area contributed by atoms with Gasteiger partial charge in [-0.15, -0.1) is 12.4 Å². The quantitative estimate of drug-likeness (QED) is 0.858. The summed E-state index contributed by atoms with van der Waals surface area (Å²) in [5.74, 6) is 1.05. The molecule has 1 heterocycles. The Labute approximate surface area is 146 Å². The van der Waals surface area contributed by atoms with E-state index in [1.165, 1.54) is 17.5 Å². The molecule has 3 nitrogen and oxygen atoms in total. The molecule has 1 N–H and O–H groups in total. The summed E-state index contributed by atoms with van der Waals surface area (Å²) in [5.41, 5.74) is 2.81. The lowest BCUT2D eigenvalue weighted by atomic mass is 10.0. The highest BCUT2D eigenvalue weighted by atomic mass is 35.5. The Morgan fingerprint density at radius 1 is 1.30 bits per heavy atom. The molecule has 0 aromatic heterocycles. The number of nitrogens with zero attached hydrogens (tertiary/aromatic N) is 1. The van der Waals surface area contributed by atoms with Crippen LogP contribution >= 0.6 is 12.4 Å². The standard InChI is InChI=1S/C19H28N2O.ClH/c1-2-13-21(19(22)10-7-15-11-12-20-14-15)18-9-8-16-5-3-4-6-17(16)18;/h3-6,15,18,20H,2,7-14H2,1H3;1H. The molecule has 3 rings (SSSR count). The number of nitrogens with one attached hydrogen (secondary N) is 1. The zero-order valence-corrected chi connectivity index (χ0v) is 14.9. The van der Waals surface area contributed by atoms with Crippen LogP contribution in [0.5, 0.6) is 0 Å². The Bertz CT molecular complexity index is 514. The van der Waals surface area contributed by atoms with Crippen LogP contribution in [0.25, 0.3) is 0 Å². The molecule has 1 aromatic carbocycles. The third kappa shape index (κ3) is 4.27. The highest BCUT2D eigenvalue weighted by molar-refractivity contribution is 5.85. The summed E-state index contributed by atoms with van der Waals surface area (Å²) in [7, 11) is 0. The normalized spacial score (nSPS) is 22.5. The summed E-state index contributed by atoms with van der Waals surface area (Å²) < 4.78 is 0. The third-order valence-corrected chi connectivity index (χ3v) is 5.19. The van der Waals surface area contributed by atoms with Crippen molar-refractivity contribution in [2.24, 2.45) is 5.92 Å². The van der Waals surface area contributed by atoms with Crippen molar-refractivity contribution in [1.29, 1.82) is 0 Å². The maximum Gasteiger partial charge on any atom is 0.223 e. The van der Waals surface area contributed by atoms with E-state index in [9.17, 15) is 4.79 Å². The molecule has 1 aromatic rings. The second-order valence-corrected chi connectivity index (χ2v) is 6.74. The lowest BCUT2D eigenvalue weighted by Gasteiger charge is -2.30. The van der Waals surface area contributed by atoms with Crippen LogP contribution in [0.2, 0.25) is 0 Å². The van der Waals surface area contributed by atoms with Crippen molar-refractivity contribution < 1.29 is 4.79 Å². The highest BCUT2D eigenvalue weighted by Gasteiger charge is 2.30. The number of fused-ring (bicyclic) bond motifs is 1. The number of halogens is 1. The lowest BCUT2D eigenvalue weighted by Crippen LogP contribution is -2.35. The van der Waals surface area contributed by atoms with Crippen LogP contribution in [0, 0.1) is 5.92 Å². The Kier molecular flexibility index (Phi) is 6.91. The van der Waals surface area contributed by atoms with Gasteiger partial charge in [0.25, 0.3) is 0 Å². The van der Waals surface area contributed by atoms with Crippen molar-refractivity contribution in [2.45, 2.75) is 51.5 Å². The molecular weight excluding hydrogens is 308 g/mol. The first kappa shape index (κ1) is 18.3. The zero-order valence-electron chi connectivity index (χ0n) is 14.1. The number of amides is 1. The molecule has 4 heteroatoms. The average Bonchev–Trinajstić information content (AvgIpc) is 3.20. The Hall–Kier alpha value is -1.06. The van der Waals surface area contributed by atoms with E-state index in [-0.39, 0.29) is 12.4 Å². The van der Waals surface area contributed by atoms with E-state index in [4.69, 9.17) is 0 Å². The molecule has 128 valence electrons. The molecule has 23 heavy (non-hydrogen) atoms. The van der Waals surface area contributed by atoms with Gasteiger partial charge in [0.1, 0.15) is 0 Å². The fourth-order valence-corrected chi connectivity index (χ4v) is 3.99. The lowest BCUT2D eigenvalue weighted by molar-refractivity contribution is -0.134. The predicted octanol–water partition coefficient (Wildman–Crippen LogP) is 3.72. The number of hydrogen-bond acceptors (Lipinski definition) is 2. The van der Waals surface area contributed by atoms with Gasteiger partial charge < -0.3 is 10.2 Å². The van der Waals surface area contributed by atoms with Crippen molar-refractivity contribution in [3.8, 4) is 0 Å². The van der Waals surface area contributed by atoms with Crippen LogP contribution in [0.4, 0.5) is 0 Å². The van der Waals surface area contributed by atoms with Crippen molar-refractivity contribution >= 4 is 18.3 Å². The number of aryl methyl sites for hydroxylation is 1. The van der Waals surface area contributed by atoms with E-state index < -0.39 is 0 Å². The summed E-state index contributed by atoms with van der Waals surface area (Å²) in [6.07, 6.45) is 6.23. The monoisotopic (exact) mass is 336 g/mol. The van der Waals surface area contributed by atoms with Gasteiger partial charge in [-0.05, 0) is 62.2 Å². The predicted molar refractivity (Wildman–Crippen MR) is 97.0 cm³/mol. The molecule has 0 saturated carbocycles. The molecule has 1 amide bonds. The topological polar surface area (TPSA) is 32.3 Å². The van der Waals surface area contributed by atoms with E-state index >= 15 is 0 Å². The molecule has 2 atom stereocenters. The number of carbonyl (C=O) groups is 1. The minimum Gasteiger partial charge on any atom is -0.336 e. The van der Waals surface area contributed by atoms with E-state index in [1.807, 2.05) is 0 Å². The van der Waals surface area contributed by atoms with Crippen LogP contribution in [0.1, 0.15) is 56.2 Å². The van der Waals surface area contributed by atoms with Crippen molar-refractivity contribution in [1.82, 2.24) is 10.2 Å². The Morgan fingerprint density at radius 2 is 2.13 bits per heavy atom. The smallest absolute Gasteiger partial charge is 0.223 e. The van der Waals surface area contributed by atoms with Crippen LogP contribution in [-0.2, 0) is 11.2 Å². The minimum absolute atomic E-state index is 0. The minimum atomic E-state index is 0. The summed E-state index contributed by atoms with van der Waals surface area (Å²) in [6.45, 7) is 5.27. The Balaban J connectivity index is 0.00000192. The van der Waals surface area contributed by atoms with Crippen LogP contribution in [0.3, 0.4) is 0 Å². The van der Waals surface area contributed by atoms with Crippen molar-refractivity contribution in [3.63, 3.8) is 0 Å². The third-order valence-electron chi connectivity index (χ3n) is 5.19. The van der Waals surface area contributed by atoms with Crippen LogP contribution in [0.15, 0.2) is 24.3 Å². The van der Waals surface area contributed by atoms with Gasteiger partial charge in [-0.25, -0.2) is 0 Å². The zero-order chi connectivity index (χ0) is 15.4. The molecular formula is C19H29ClN2O. The largest absolute Gasteiger partial charge is 0.336 e. The number of benzene rings is 1. The summed E-state index contributed by atoms with van der Waals surface area (Å²) in [4.78, 5) is 15.0. The van der Waals surface area contributed by atoms with Crippen molar-refractivity contribution in [2.75, 3.05) is 19.6 Å². The second-order valence-electron chi connectivity index (χ2n) is 6.74. The summed E-state index contributed by atoms with van der Waals surface area (Å²) in [5, 5.41) is 3.39. The van der Waals surface area contributed by atoms with Gasteiger partial charge >= 0.3 is 0 Å². The highest BCUT2D eigenvalue weighted by Crippen LogP contribution is 2.36. The molecule has 1 saturated heterocycles. The molecule has 0 bridgehead atoms. The van der Waals surface area contributed by atoms with E-state index in [0.29, 0.717) is 24.3 Å². The average molecular weight is 337 g/mol. The molecule has 1 aliphatic heterocycles. The first-order chi connectivity index (χ1) is 10.8. The summed E-state index contributed by atoms with van der Waals surface area (Å²) >= 11 is 0. The first-order valence-corrected chi connectivity index (χ1v) is 8.87. The molecule has 1 fully saturated rings. The maximum atomic E-state index is 12.8. The molecule has 2 aliphatic rings. The van der Waals surface area contributed by atoms with Gasteiger partial charge in [0, 0.05) is 13.0 Å². The number of hydrogen-bond donors (Lipinski definition) is 1. The Morgan fingerprint density at radius 3 is 2.87 bits per heavy atom. The molecule has 1 aliphatic carbocycles. The number of rotatable bonds is 6. The van der Waals surface area contributed by atoms with Crippen LogP contribution in [-0.4, -0.2) is 30.4 Å². The van der Waals surface area contributed by atoms with Gasteiger partial charge in [-0.2, -0.15) is 0 Å². The van der Waals surface area contributed by atoms with E-state index in [1.54, 1.807) is 0 Å². The van der Waals surface area contributed by atoms with Gasteiger partial charge in [0.15, 0.2) is 0 Å². The summed E-state index contributed by atoms with van der Waals surface area (Å²) in [6, 6.07) is 8.96. The van der Waals surface area contributed by atoms with E-state index in [2.05, 4.69) is 41.4 Å². The van der Waals surface area contributed by atoms with Gasteiger partial charge in [0.2, 0.25) is 5.91 Å². The first-order valence-electron chi connectivity index (χ1n) is 8.87. The fraction of sp³-hybridized carbons (Fsp3) is 0.632. The van der Waals surface area contributed by atoms with Crippen LogP contribution < -0.4 is 5.32 Å².